The summed E-state index contributed by atoms with van der Waals surface area (Å²) in [5.74, 6) is 0.406. The molecule has 0 atom stereocenters. The van der Waals surface area contributed by atoms with Gasteiger partial charge in [0.1, 0.15) is 5.75 Å². The van der Waals surface area contributed by atoms with Gasteiger partial charge in [0, 0.05) is 19.5 Å². The summed E-state index contributed by atoms with van der Waals surface area (Å²) in [5.41, 5.74) is 0.643. The van der Waals surface area contributed by atoms with Gasteiger partial charge in [-0.3, -0.25) is 0 Å². The van der Waals surface area contributed by atoms with E-state index in [9.17, 15) is 9.59 Å². The Morgan fingerprint density at radius 3 is 2.55 bits per heavy atom. The Morgan fingerprint density at radius 2 is 1.85 bits per heavy atom. The van der Waals surface area contributed by atoms with E-state index < -0.39 is 6.09 Å². The van der Waals surface area contributed by atoms with Crippen molar-refractivity contribution in [1.29, 1.82) is 0 Å². The SMILES string of the molecule is CNC(=O)Nc1cccc2ccc(OC(=O)NC)cc12. The summed E-state index contributed by atoms with van der Waals surface area (Å²) in [6.07, 6.45) is -0.541. The summed E-state index contributed by atoms with van der Waals surface area (Å²) in [5, 5.41) is 9.31. The average molecular weight is 273 g/mol. The summed E-state index contributed by atoms with van der Waals surface area (Å²) in [6.45, 7) is 0. The predicted octanol–water partition coefficient (Wildman–Crippen LogP) is 2.31. The second-order valence-electron chi connectivity index (χ2n) is 4.03. The molecule has 0 saturated heterocycles. The first-order valence-electron chi connectivity index (χ1n) is 6.05. The van der Waals surface area contributed by atoms with Crippen LogP contribution in [0.4, 0.5) is 15.3 Å². The fourth-order valence-corrected chi connectivity index (χ4v) is 1.77. The molecule has 6 nitrogen and oxygen atoms in total. The monoisotopic (exact) mass is 273 g/mol. The molecule has 2 aromatic rings. The Morgan fingerprint density at radius 1 is 1.05 bits per heavy atom. The van der Waals surface area contributed by atoms with Crippen LogP contribution in [0, 0.1) is 0 Å². The van der Waals surface area contributed by atoms with Gasteiger partial charge in [-0.05, 0) is 23.6 Å². The van der Waals surface area contributed by atoms with Crippen LogP contribution >= 0.6 is 0 Å². The maximum Gasteiger partial charge on any atom is 0.412 e. The minimum Gasteiger partial charge on any atom is -0.410 e. The van der Waals surface area contributed by atoms with E-state index in [-0.39, 0.29) is 6.03 Å². The molecule has 20 heavy (non-hydrogen) atoms. The van der Waals surface area contributed by atoms with Gasteiger partial charge in [-0.15, -0.1) is 0 Å². The van der Waals surface area contributed by atoms with E-state index in [0.29, 0.717) is 11.4 Å². The van der Waals surface area contributed by atoms with E-state index in [2.05, 4.69) is 16.0 Å². The van der Waals surface area contributed by atoms with E-state index in [1.54, 1.807) is 25.2 Å². The molecule has 0 radical (unpaired) electrons. The number of carbonyl (C=O) groups excluding carboxylic acids is 2. The Kier molecular flexibility index (Phi) is 4.05. The molecule has 104 valence electrons. The number of benzene rings is 2. The lowest BCUT2D eigenvalue weighted by molar-refractivity contribution is 0.203. The lowest BCUT2D eigenvalue weighted by Gasteiger charge is -2.10. The number of ether oxygens (including phenoxy) is 1. The molecule has 0 saturated carbocycles. The van der Waals surface area contributed by atoms with Crippen LogP contribution in [0.2, 0.25) is 0 Å². The molecule has 0 aliphatic heterocycles. The number of fused-ring (bicyclic) bond motifs is 1. The minimum atomic E-state index is -0.541. The Balaban J connectivity index is 2.40. The van der Waals surface area contributed by atoms with E-state index in [1.807, 2.05) is 18.2 Å². The van der Waals surface area contributed by atoms with Gasteiger partial charge in [-0.2, -0.15) is 0 Å². The highest BCUT2D eigenvalue weighted by Gasteiger charge is 2.07. The van der Waals surface area contributed by atoms with Crippen LogP contribution in [-0.2, 0) is 0 Å². The largest absolute Gasteiger partial charge is 0.412 e. The Labute approximate surface area is 116 Å². The van der Waals surface area contributed by atoms with Gasteiger partial charge in [0.15, 0.2) is 0 Å². The zero-order valence-electron chi connectivity index (χ0n) is 11.2. The number of hydrogen-bond acceptors (Lipinski definition) is 3. The van der Waals surface area contributed by atoms with Gasteiger partial charge in [-0.1, -0.05) is 18.2 Å². The topological polar surface area (TPSA) is 79.5 Å². The van der Waals surface area contributed by atoms with Crippen molar-refractivity contribution in [1.82, 2.24) is 10.6 Å². The third-order valence-corrected chi connectivity index (χ3v) is 2.74. The van der Waals surface area contributed by atoms with Crippen LogP contribution in [-0.4, -0.2) is 26.2 Å². The number of urea groups is 1. The predicted molar refractivity (Wildman–Crippen MR) is 77.1 cm³/mol. The first-order chi connectivity index (χ1) is 9.63. The van der Waals surface area contributed by atoms with Crippen LogP contribution in [0.5, 0.6) is 5.75 Å². The maximum atomic E-state index is 11.4. The normalized spacial score (nSPS) is 9.90. The van der Waals surface area contributed by atoms with E-state index in [4.69, 9.17) is 4.74 Å². The summed E-state index contributed by atoms with van der Waals surface area (Å²) < 4.78 is 5.08. The lowest BCUT2D eigenvalue weighted by atomic mass is 10.1. The zero-order valence-corrected chi connectivity index (χ0v) is 11.2. The first-order valence-corrected chi connectivity index (χ1v) is 6.05. The highest BCUT2D eigenvalue weighted by Crippen LogP contribution is 2.27. The van der Waals surface area contributed by atoms with Gasteiger partial charge in [-0.25, -0.2) is 9.59 Å². The fraction of sp³-hybridized carbons (Fsp3) is 0.143. The van der Waals surface area contributed by atoms with Gasteiger partial charge >= 0.3 is 12.1 Å². The highest BCUT2D eigenvalue weighted by atomic mass is 16.5. The molecule has 0 spiro atoms. The molecule has 6 heteroatoms. The molecule has 0 bridgehead atoms. The van der Waals surface area contributed by atoms with Crippen molar-refractivity contribution in [3.05, 3.63) is 36.4 Å². The standard InChI is InChI=1S/C14H15N3O3/c1-15-13(18)17-12-5-3-4-9-6-7-10(8-11(9)12)20-14(19)16-2/h3-8H,1-2H3,(H,16,19)(H2,15,17,18). The van der Waals surface area contributed by atoms with Crippen molar-refractivity contribution in [2.45, 2.75) is 0 Å². The quantitative estimate of drug-likeness (QED) is 0.785. The molecule has 3 amide bonds. The molecule has 0 heterocycles. The minimum absolute atomic E-state index is 0.310. The number of hydrogen-bond donors (Lipinski definition) is 3. The van der Waals surface area contributed by atoms with Gasteiger partial charge in [0.05, 0.1) is 5.69 Å². The molecule has 0 fully saturated rings. The fourth-order valence-electron chi connectivity index (χ4n) is 1.77. The van der Waals surface area contributed by atoms with Crippen molar-refractivity contribution >= 4 is 28.6 Å². The number of rotatable bonds is 2. The highest BCUT2D eigenvalue weighted by molar-refractivity contribution is 6.02. The molecule has 0 aliphatic rings. The summed E-state index contributed by atoms with van der Waals surface area (Å²) in [4.78, 5) is 22.6. The maximum absolute atomic E-state index is 11.4. The van der Waals surface area contributed by atoms with Gasteiger partial charge in [0.25, 0.3) is 0 Å². The second kappa shape index (κ2) is 5.92. The number of carbonyl (C=O) groups is 2. The molecular formula is C14H15N3O3. The van der Waals surface area contributed by atoms with Crippen molar-refractivity contribution in [2.24, 2.45) is 0 Å². The van der Waals surface area contributed by atoms with Crippen molar-refractivity contribution in [2.75, 3.05) is 19.4 Å². The van der Waals surface area contributed by atoms with E-state index >= 15 is 0 Å². The van der Waals surface area contributed by atoms with Crippen LogP contribution < -0.4 is 20.7 Å². The van der Waals surface area contributed by atoms with Crippen molar-refractivity contribution < 1.29 is 14.3 Å². The number of amides is 3. The third kappa shape index (κ3) is 2.97. The van der Waals surface area contributed by atoms with Gasteiger partial charge < -0.3 is 20.7 Å². The summed E-state index contributed by atoms with van der Waals surface area (Å²) in [6, 6.07) is 10.4. The molecule has 3 N–H and O–H groups in total. The molecule has 0 aliphatic carbocycles. The van der Waals surface area contributed by atoms with Crippen LogP contribution in [0.15, 0.2) is 36.4 Å². The Bertz CT molecular complexity index is 655. The molecule has 2 aromatic carbocycles. The summed E-state index contributed by atoms with van der Waals surface area (Å²) in [7, 11) is 3.03. The molecule has 0 unspecified atom stereocenters. The number of anilines is 1. The molecule has 0 aromatic heterocycles. The van der Waals surface area contributed by atoms with E-state index in [0.717, 1.165) is 10.8 Å². The van der Waals surface area contributed by atoms with Crippen molar-refractivity contribution in [3.8, 4) is 5.75 Å². The van der Waals surface area contributed by atoms with Crippen molar-refractivity contribution in [3.63, 3.8) is 0 Å². The average Bonchev–Trinajstić information content (AvgIpc) is 2.47. The van der Waals surface area contributed by atoms with E-state index in [1.165, 1.54) is 7.05 Å². The smallest absolute Gasteiger partial charge is 0.410 e. The van der Waals surface area contributed by atoms with Crippen LogP contribution in [0.3, 0.4) is 0 Å². The number of nitrogens with one attached hydrogen (secondary N) is 3. The summed E-state index contributed by atoms with van der Waals surface area (Å²) >= 11 is 0. The molecule has 2 rings (SSSR count). The first kappa shape index (κ1) is 13.7. The molecular weight excluding hydrogens is 258 g/mol. The third-order valence-electron chi connectivity index (χ3n) is 2.74. The Hall–Kier alpha value is -2.76. The van der Waals surface area contributed by atoms with Crippen LogP contribution in [0.25, 0.3) is 10.8 Å². The van der Waals surface area contributed by atoms with Crippen LogP contribution in [0.1, 0.15) is 0 Å². The van der Waals surface area contributed by atoms with Gasteiger partial charge in [0.2, 0.25) is 0 Å². The second-order valence-corrected chi connectivity index (χ2v) is 4.03. The lowest BCUT2D eigenvalue weighted by Crippen LogP contribution is -2.24. The zero-order chi connectivity index (χ0) is 14.5.